The van der Waals surface area contributed by atoms with E-state index in [-0.39, 0.29) is 10.1 Å². The summed E-state index contributed by atoms with van der Waals surface area (Å²) in [6.45, 7) is 22.6. The number of benzene rings is 2. The highest BCUT2D eigenvalue weighted by molar-refractivity contribution is 6.75. The summed E-state index contributed by atoms with van der Waals surface area (Å²) in [6.07, 6.45) is 0. The van der Waals surface area contributed by atoms with Crippen LogP contribution < -0.4 is 8.85 Å². The molecule has 150 valence electrons. The van der Waals surface area contributed by atoms with Gasteiger partial charge >= 0.3 is 0 Å². The van der Waals surface area contributed by atoms with E-state index in [0.717, 1.165) is 22.3 Å². The summed E-state index contributed by atoms with van der Waals surface area (Å²) >= 11 is 6.63. The van der Waals surface area contributed by atoms with Gasteiger partial charge in [0.05, 0.1) is 5.02 Å². The van der Waals surface area contributed by atoms with Crippen molar-refractivity contribution in [2.24, 2.45) is 0 Å². The maximum atomic E-state index is 6.80. The van der Waals surface area contributed by atoms with Gasteiger partial charge in [0.2, 0.25) is 0 Å². The Hall–Kier alpha value is -0.976. The van der Waals surface area contributed by atoms with Gasteiger partial charge in [-0.15, -0.1) is 0 Å². The van der Waals surface area contributed by atoms with Gasteiger partial charge in [-0.05, 0) is 53.8 Å². The first-order valence-corrected chi connectivity index (χ1v) is 15.9. The molecule has 0 saturated carbocycles. The Morgan fingerprint density at radius 2 is 1.26 bits per heavy atom. The van der Waals surface area contributed by atoms with Gasteiger partial charge in [0.1, 0.15) is 5.75 Å². The Morgan fingerprint density at radius 3 is 1.78 bits per heavy atom. The van der Waals surface area contributed by atoms with Crippen LogP contribution in [0.25, 0.3) is 10.8 Å². The topological polar surface area (TPSA) is 18.5 Å². The molecule has 2 rings (SSSR count). The van der Waals surface area contributed by atoms with Crippen molar-refractivity contribution in [3.05, 3.63) is 35.4 Å². The molecule has 2 nitrogen and oxygen atoms in total. The second-order valence-electron chi connectivity index (χ2n) is 10.5. The molecule has 0 atom stereocenters. The third-order valence-corrected chi connectivity index (χ3v) is 15.2. The first-order chi connectivity index (χ1) is 12.1. The number of hydrogen-bond acceptors (Lipinski definition) is 2. The number of halogens is 1. The van der Waals surface area contributed by atoms with Crippen molar-refractivity contribution in [3.8, 4) is 11.5 Å². The van der Waals surface area contributed by atoms with Crippen LogP contribution in [0.2, 0.25) is 41.3 Å². The zero-order valence-corrected chi connectivity index (χ0v) is 21.3. The molecular weight excluding hydrogens is 388 g/mol. The number of hydrogen-bond donors (Lipinski definition) is 0. The quantitative estimate of drug-likeness (QED) is 0.461. The molecule has 0 amide bonds. The van der Waals surface area contributed by atoms with Gasteiger partial charge in [0.15, 0.2) is 5.75 Å². The molecule has 0 radical (unpaired) electrons. The molecule has 0 aliphatic carbocycles. The second kappa shape index (κ2) is 7.12. The SMILES string of the molecule is CC(C)(C)[Si](C)(C)Oc1ccc2cccc(Cl)c2c1O[Si](C)(C)C(C)(C)C. The molecular formula is C22H35ClO2Si2. The fraction of sp³-hybridized carbons (Fsp3) is 0.545. The minimum absolute atomic E-state index is 0.0880. The average Bonchev–Trinajstić information content (AvgIpc) is 2.47. The fourth-order valence-electron chi connectivity index (χ4n) is 2.30. The van der Waals surface area contributed by atoms with Gasteiger partial charge in [0, 0.05) is 5.39 Å². The highest BCUT2D eigenvalue weighted by atomic mass is 35.5. The van der Waals surface area contributed by atoms with E-state index in [1.165, 1.54) is 0 Å². The maximum absolute atomic E-state index is 6.80. The highest BCUT2D eigenvalue weighted by Crippen LogP contribution is 2.47. The van der Waals surface area contributed by atoms with Gasteiger partial charge in [-0.3, -0.25) is 0 Å². The van der Waals surface area contributed by atoms with Crippen LogP contribution in [0.15, 0.2) is 30.3 Å². The van der Waals surface area contributed by atoms with Crippen molar-refractivity contribution in [1.82, 2.24) is 0 Å². The molecule has 0 spiro atoms. The smallest absolute Gasteiger partial charge is 0.250 e. The molecule has 0 aromatic heterocycles. The van der Waals surface area contributed by atoms with Crippen molar-refractivity contribution in [3.63, 3.8) is 0 Å². The molecule has 0 N–H and O–H groups in total. The monoisotopic (exact) mass is 422 g/mol. The van der Waals surface area contributed by atoms with E-state index in [0.29, 0.717) is 5.02 Å². The van der Waals surface area contributed by atoms with E-state index in [9.17, 15) is 0 Å². The normalized spacial score (nSPS) is 13.7. The molecule has 5 heteroatoms. The van der Waals surface area contributed by atoms with Crippen LogP contribution in [0, 0.1) is 0 Å². The third-order valence-electron chi connectivity index (χ3n) is 6.25. The van der Waals surface area contributed by atoms with E-state index in [1.807, 2.05) is 12.1 Å². The Balaban J connectivity index is 2.70. The number of rotatable bonds is 4. The summed E-state index contributed by atoms with van der Waals surface area (Å²) in [5, 5.41) is 2.95. The molecule has 0 unspecified atom stereocenters. The highest BCUT2D eigenvalue weighted by Gasteiger charge is 2.42. The summed E-state index contributed by atoms with van der Waals surface area (Å²) < 4.78 is 13.5. The Labute approximate surface area is 172 Å². The first-order valence-electron chi connectivity index (χ1n) is 9.66. The van der Waals surface area contributed by atoms with Crippen molar-refractivity contribution < 1.29 is 8.85 Å². The molecule has 0 bridgehead atoms. The summed E-state index contributed by atoms with van der Waals surface area (Å²) in [5.74, 6) is 1.64. The summed E-state index contributed by atoms with van der Waals surface area (Å²) in [5.41, 5.74) is 0. The Bertz CT molecular complexity index is 831. The molecule has 27 heavy (non-hydrogen) atoms. The third kappa shape index (κ3) is 4.55. The molecule has 0 aliphatic rings. The lowest BCUT2D eigenvalue weighted by Gasteiger charge is -2.40. The average molecular weight is 423 g/mol. The predicted octanol–water partition coefficient (Wildman–Crippen LogP) is 8.26. The van der Waals surface area contributed by atoms with E-state index in [4.69, 9.17) is 20.5 Å². The van der Waals surface area contributed by atoms with E-state index < -0.39 is 16.6 Å². The maximum Gasteiger partial charge on any atom is 0.250 e. The summed E-state index contributed by atoms with van der Waals surface area (Å²) in [6, 6.07) is 10.1. The van der Waals surface area contributed by atoms with Crippen LogP contribution in [-0.4, -0.2) is 16.6 Å². The van der Waals surface area contributed by atoms with Crippen LogP contribution in [0.3, 0.4) is 0 Å². The standard InChI is InChI=1S/C22H35ClO2Si2/c1-21(2,3)26(7,8)24-18-15-14-16-12-11-13-17(23)19(16)20(18)25-27(9,10)22(4,5)6/h11-15H,1-10H3. The van der Waals surface area contributed by atoms with E-state index >= 15 is 0 Å². The lowest BCUT2D eigenvalue weighted by atomic mass is 10.1. The Morgan fingerprint density at radius 1 is 0.741 bits per heavy atom. The molecule has 0 saturated heterocycles. The van der Waals surface area contributed by atoms with Crippen LogP contribution in [0.5, 0.6) is 11.5 Å². The van der Waals surface area contributed by atoms with Gasteiger partial charge in [-0.1, -0.05) is 71.3 Å². The summed E-state index contributed by atoms with van der Waals surface area (Å²) in [4.78, 5) is 0. The molecule has 2 aromatic rings. The summed E-state index contributed by atoms with van der Waals surface area (Å²) in [7, 11) is -4.07. The molecule has 2 aromatic carbocycles. The number of fused-ring (bicyclic) bond motifs is 1. The predicted molar refractivity (Wildman–Crippen MR) is 125 cm³/mol. The van der Waals surface area contributed by atoms with Crippen LogP contribution in [0.1, 0.15) is 41.5 Å². The van der Waals surface area contributed by atoms with Crippen molar-refractivity contribution in [2.45, 2.75) is 77.8 Å². The van der Waals surface area contributed by atoms with Gasteiger partial charge in [-0.25, -0.2) is 0 Å². The molecule has 0 fully saturated rings. The lowest BCUT2D eigenvalue weighted by molar-refractivity contribution is 0.444. The van der Waals surface area contributed by atoms with Gasteiger partial charge in [0.25, 0.3) is 16.6 Å². The minimum atomic E-state index is -2.06. The van der Waals surface area contributed by atoms with Crippen LogP contribution >= 0.6 is 11.6 Å². The second-order valence-corrected chi connectivity index (χ2v) is 20.3. The van der Waals surface area contributed by atoms with Gasteiger partial charge < -0.3 is 8.85 Å². The van der Waals surface area contributed by atoms with Gasteiger partial charge in [-0.2, -0.15) is 0 Å². The lowest BCUT2D eigenvalue weighted by Crippen LogP contribution is -2.45. The van der Waals surface area contributed by atoms with Crippen LogP contribution in [-0.2, 0) is 0 Å². The first kappa shape index (κ1) is 22.3. The van der Waals surface area contributed by atoms with Crippen molar-refractivity contribution in [1.29, 1.82) is 0 Å². The van der Waals surface area contributed by atoms with Crippen molar-refractivity contribution >= 4 is 39.0 Å². The Kier molecular flexibility index (Phi) is 5.89. The molecule has 0 aliphatic heterocycles. The molecule has 0 heterocycles. The van der Waals surface area contributed by atoms with Crippen molar-refractivity contribution in [2.75, 3.05) is 0 Å². The minimum Gasteiger partial charge on any atom is -0.541 e. The largest absolute Gasteiger partial charge is 0.541 e. The zero-order valence-electron chi connectivity index (χ0n) is 18.6. The van der Waals surface area contributed by atoms with Crippen LogP contribution in [0.4, 0.5) is 0 Å². The van der Waals surface area contributed by atoms with E-state index in [1.54, 1.807) is 0 Å². The van der Waals surface area contributed by atoms with E-state index in [2.05, 4.69) is 85.9 Å². The fourth-order valence-corrected chi connectivity index (χ4v) is 4.61. The zero-order chi connectivity index (χ0) is 20.8.